The molecule has 41 heavy (non-hydrogen) atoms. The van der Waals surface area contributed by atoms with Crippen LogP contribution in [0, 0.1) is 13.8 Å². The van der Waals surface area contributed by atoms with E-state index in [0.717, 1.165) is 23.3 Å². The Hall–Kier alpha value is -4.81. The normalized spacial score (nSPS) is 14.3. The number of ether oxygens (including phenoxy) is 2. The fourth-order valence-electron chi connectivity index (χ4n) is 4.31. The summed E-state index contributed by atoms with van der Waals surface area (Å²) in [6.07, 6.45) is 5.62. The monoisotopic (exact) mass is 562 g/mol. The number of anilines is 2. The van der Waals surface area contributed by atoms with Gasteiger partial charge in [-0.05, 0) is 62.8 Å². The highest BCUT2D eigenvalue weighted by atomic mass is 16.7. The lowest BCUT2D eigenvalue weighted by Crippen LogP contribution is -2.39. The molecule has 0 saturated heterocycles. The van der Waals surface area contributed by atoms with Crippen LogP contribution in [0.25, 0.3) is 5.52 Å². The molecule has 0 spiro atoms. The van der Waals surface area contributed by atoms with Gasteiger partial charge in [-0.3, -0.25) is 14.4 Å². The number of amides is 3. The van der Waals surface area contributed by atoms with Crippen LogP contribution in [0.3, 0.4) is 0 Å². The molecule has 2 heterocycles. The van der Waals surface area contributed by atoms with Gasteiger partial charge in [-0.2, -0.15) is 5.10 Å². The van der Waals surface area contributed by atoms with E-state index in [2.05, 4.69) is 20.7 Å². The highest BCUT2D eigenvalue weighted by Crippen LogP contribution is 2.32. The number of carbonyl (C=O) groups excluding carboxylic acids is 5. The molecule has 5 rings (SSSR count). The van der Waals surface area contributed by atoms with E-state index in [1.54, 1.807) is 19.1 Å². The van der Waals surface area contributed by atoms with Gasteiger partial charge in [-0.25, -0.2) is 19.2 Å². The average Bonchev–Trinajstić information content (AvgIpc) is 3.89. The molecule has 13 heteroatoms. The molecule has 2 aliphatic rings. The lowest BCUT2D eigenvalue weighted by atomic mass is 10.1. The fourth-order valence-corrected chi connectivity index (χ4v) is 4.31. The van der Waals surface area contributed by atoms with Crippen molar-refractivity contribution in [3.63, 3.8) is 0 Å². The summed E-state index contributed by atoms with van der Waals surface area (Å²) in [5, 5.41) is 10.5. The minimum Gasteiger partial charge on any atom is -0.428 e. The number of hydrogen-bond acceptors (Lipinski definition) is 10. The van der Waals surface area contributed by atoms with Crippen molar-refractivity contribution >= 4 is 47.2 Å². The molecule has 2 aromatic heterocycles. The first-order chi connectivity index (χ1) is 19.8. The zero-order chi connectivity index (χ0) is 29.1. The maximum atomic E-state index is 13.6. The number of carbonyl (C=O) groups is 5. The lowest BCUT2D eigenvalue weighted by molar-refractivity contribution is -0.152. The van der Waals surface area contributed by atoms with Gasteiger partial charge in [0.05, 0.1) is 12.0 Å². The summed E-state index contributed by atoms with van der Waals surface area (Å²) in [4.78, 5) is 66.4. The molecule has 0 bridgehead atoms. The standard InChI is InChI=1S/C28H30N6O7/c1-16-5-6-18(26(37)31-19-7-8-19)12-22(16)32-25-24-17(2)21(13-33(24)30-14-29-25)27(38)34(20-9-10-20)28(39)41-15-40-23(36)4-3-11-35/h5-6,11-14,19-20H,3-4,7-10,15H2,1-2H3,(H,31,37)(H,29,30,32). The number of aldehydes is 1. The molecule has 0 atom stereocenters. The molecule has 2 aliphatic carbocycles. The predicted octanol–water partition coefficient (Wildman–Crippen LogP) is 3.20. The van der Waals surface area contributed by atoms with Gasteiger partial charge in [0, 0.05) is 36.0 Å². The first-order valence-corrected chi connectivity index (χ1v) is 13.4. The number of nitrogens with one attached hydrogen (secondary N) is 2. The summed E-state index contributed by atoms with van der Waals surface area (Å²) in [5.41, 5.74) is 3.38. The van der Waals surface area contributed by atoms with E-state index in [9.17, 15) is 24.0 Å². The number of benzene rings is 1. The van der Waals surface area contributed by atoms with Gasteiger partial charge < -0.3 is 24.9 Å². The second-order valence-corrected chi connectivity index (χ2v) is 10.1. The van der Waals surface area contributed by atoms with Gasteiger partial charge in [-0.1, -0.05) is 6.07 Å². The van der Waals surface area contributed by atoms with Gasteiger partial charge in [0.25, 0.3) is 11.8 Å². The molecular weight excluding hydrogens is 532 g/mol. The van der Waals surface area contributed by atoms with Crippen molar-refractivity contribution in [2.75, 3.05) is 12.1 Å². The van der Waals surface area contributed by atoms with Gasteiger partial charge in [0.1, 0.15) is 18.1 Å². The number of hydrogen-bond donors (Lipinski definition) is 2. The van der Waals surface area contributed by atoms with Crippen molar-refractivity contribution in [2.24, 2.45) is 0 Å². The highest BCUT2D eigenvalue weighted by molar-refractivity contribution is 6.06. The molecule has 0 radical (unpaired) electrons. The Morgan fingerprint density at radius 3 is 2.61 bits per heavy atom. The van der Waals surface area contributed by atoms with Crippen LogP contribution in [0.4, 0.5) is 16.3 Å². The zero-order valence-electron chi connectivity index (χ0n) is 22.7. The number of aromatic nitrogens is 3. The molecule has 3 aromatic rings. The minimum atomic E-state index is -0.934. The first-order valence-electron chi connectivity index (χ1n) is 13.4. The van der Waals surface area contributed by atoms with Crippen LogP contribution in [0.2, 0.25) is 0 Å². The van der Waals surface area contributed by atoms with E-state index in [0.29, 0.717) is 47.3 Å². The summed E-state index contributed by atoms with van der Waals surface area (Å²) >= 11 is 0. The lowest BCUT2D eigenvalue weighted by Gasteiger charge is -2.19. The number of nitrogens with zero attached hydrogens (tertiary/aromatic N) is 4. The van der Waals surface area contributed by atoms with E-state index < -0.39 is 24.8 Å². The molecule has 2 saturated carbocycles. The second kappa shape index (κ2) is 11.7. The van der Waals surface area contributed by atoms with Crippen molar-refractivity contribution in [3.8, 4) is 0 Å². The quantitative estimate of drug-likeness (QED) is 0.202. The third kappa shape index (κ3) is 6.34. The van der Waals surface area contributed by atoms with E-state index in [4.69, 9.17) is 9.47 Å². The van der Waals surface area contributed by atoms with Crippen molar-refractivity contribution in [2.45, 2.75) is 64.5 Å². The first kappa shape index (κ1) is 27.7. The number of aryl methyl sites for hydroxylation is 2. The third-order valence-corrected chi connectivity index (χ3v) is 6.92. The maximum Gasteiger partial charge on any atom is 0.419 e. The second-order valence-electron chi connectivity index (χ2n) is 10.1. The van der Waals surface area contributed by atoms with Crippen molar-refractivity contribution in [1.29, 1.82) is 0 Å². The summed E-state index contributed by atoms with van der Waals surface area (Å²) < 4.78 is 11.4. The summed E-state index contributed by atoms with van der Waals surface area (Å²) in [6.45, 7) is 2.97. The van der Waals surface area contributed by atoms with E-state index in [1.807, 2.05) is 13.0 Å². The maximum absolute atomic E-state index is 13.6. The summed E-state index contributed by atoms with van der Waals surface area (Å²) in [6, 6.07) is 5.27. The topological polar surface area (TPSA) is 161 Å². The SMILES string of the molecule is Cc1ccc(C(=O)NC2CC2)cc1Nc1ncnn2cc(C(=O)N(C(=O)OCOC(=O)CCC=O)C3CC3)c(C)c12. The largest absolute Gasteiger partial charge is 0.428 e. The predicted molar refractivity (Wildman–Crippen MR) is 145 cm³/mol. The molecule has 3 amide bonds. The number of imide groups is 1. The molecule has 2 N–H and O–H groups in total. The molecule has 2 fully saturated rings. The van der Waals surface area contributed by atoms with Crippen LogP contribution in [0.1, 0.15) is 70.4 Å². The van der Waals surface area contributed by atoms with E-state index in [1.165, 1.54) is 17.0 Å². The number of rotatable bonds is 11. The van der Waals surface area contributed by atoms with Crippen LogP contribution >= 0.6 is 0 Å². The van der Waals surface area contributed by atoms with Gasteiger partial charge in [-0.15, -0.1) is 0 Å². The van der Waals surface area contributed by atoms with Gasteiger partial charge in [0.2, 0.25) is 6.79 Å². The Labute approximate surface area is 235 Å². The summed E-state index contributed by atoms with van der Waals surface area (Å²) in [5.74, 6) is -0.986. The third-order valence-electron chi connectivity index (χ3n) is 6.92. The van der Waals surface area contributed by atoms with Crippen LogP contribution in [-0.2, 0) is 19.1 Å². The Kier molecular flexibility index (Phi) is 7.95. The zero-order valence-corrected chi connectivity index (χ0v) is 22.7. The van der Waals surface area contributed by atoms with Gasteiger partial charge in [0.15, 0.2) is 5.82 Å². The van der Waals surface area contributed by atoms with E-state index in [-0.39, 0.29) is 36.4 Å². The Bertz CT molecular complexity index is 1530. The van der Waals surface area contributed by atoms with Crippen LogP contribution in [0.15, 0.2) is 30.7 Å². The van der Waals surface area contributed by atoms with Crippen LogP contribution in [-0.4, -0.2) is 68.5 Å². The Morgan fingerprint density at radius 1 is 1.12 bits per heavy atom. The average molecular weight is 563 g/mol. The highest BCUT2D eigenvalue weighted by Gasteiger charge is 2.40. The Morgan fingerprint density at radius 2 is 1.90 bits per heavy atom. The molecular formula is C28H30N6O7. The van der Waals surface area contributed by atoms with Gasteiger partial charge >= 0.3 is 12.1 Å². The number of esters is 1. The molecule has 214 valence electrons. The molecule has 13 nitrogen and oxygen atoms in total. The van der Waals surface area contributed by atoms with Crippen molar-refractivity contribution < 1.29 is 33.4 Å². The number of fused-ring (bicyclic) bond motifs is 1. The van der Waals surface area contributed by atoms with Crippen LogP contribution in [0.5, 0.6) is 0 Å². The smallest absolute Gasteiger partial charge is 0.419 e. The minimum absolute atomic E-state index is 0.00144. The fraction of sp³-hybridized carbons (Fsp3) is 0.393. The molecule has 0 unspecified atom stereocenters. The summed E-state index contributed by atoms with van der Waals surface area (Å²) in [7, 11) is 0. The molecule has 1 aromatic carbocycles. The van der Waals surface area contributed by atoms with Crippen molar-refractivity contribution in [1.82, 2.24) is 24.8 Å². The van der Waals surface area contributed by atoms with Crippen LogP contribution < -0.4 is 10.6 Å². The Balaban J connectivity index is 1.35. The van der Waals surface area contributed by atoms with Crippen molar-refractivity contribution in [3.05, 3.63) is 53.0 Å². The van der Waals surface area contributed by atoms with E-state index >= 15 is 0 Å². The molecule has 0 aliphatic heterocycles.